The number of benzene rings is 3. The van der Waals surface area contributed by atoms with Gasteiger partial charge in [-0.2, -0.15) is 0 Å². The third-order valence-electron chi connectivity index (χ3n) is 5.55. The predicted octanol–water partition coefficient (Wildman–Crippen LogP) is 4.32. The van der Waals surface area contributed by atoms with Gasteiger partial charge in [-0.05, 0) is 35.9 Å². The lowest BCUT2D eigenvalue weighted by Gasteiger charge is -2.12. The summed E-state index contributed by atoms with van der Waals surface area (Å²) in [5, 5.41) is 14.9. The highest BCUT2D eigenvalue weighted by molar-refractivity contribution is 7.99. The first-order valence-electron chi connectivity index (χ1n) is 10.8. The van der Waals surface area contributed by atoms with Crippen molar-refractivity contribution in [3.63, 3.8) is 0 Å². The Morgan fingerprint density at radius 2 is 1.81 bits per heavy atom. The zero-order valence-corrected chi connectivity index (χ0v) is 19.4. The van der Waals surface area contributed by atoms with Crippen molar-refractivity contribution in [2.75, 3.05) is 5.75 Å². The van der Waals surface area contributed by atoms with Crippen LogP contribution in [-0.2, 0) is 11.3 Å². The first-order chi connectivity index (χ1) is 17.4. The first-order valence-corrected chi connectivity index (χ1v) is 11.8. The van der Waals surface area contributed by atoms with E-state index in [0.717, 1.165) is 28.2 Å². The first kappa shape index (κ1) is 23.2. The third-order valence-corrected chi connectivity index (χ3v) is 6.49. The van der Waals surface area contributed by atoms with Gasteiger partial charge in [0.25, 0.3) is 11.2 Å². The van der Waals surface area contributed by atoms with Gasteiger partial charge in [0.15, 0.2) is 5.16 Å². The average molecular weight is 504 g/mol. The fourth-order valence-electron chi connectivity index (χ4n) is 3.77. The van der Waals surface area contributed by atoms with Crippen molar-refractivity contribution >= 4 is 45.3 Å². The predicted molar refractivity (Wildman–Crippen MR) is 135 cm³/mol. The van der Waals surface area contributed by atoms with Gasteiger partial charge in [0.2, 0.25) is 5.91 Å². The lowest BCUT2D eigenvalue weighted by molar-refractivity contribution is -0.384. The van der Waals surface area contributed by atoms with E-state index >= 15 is 0 Å². The Labute approximate surface area is 207 Å². The number of aromatic nitrogens is 3. The molecular weight excluding hydrogens is 485 g/mol. The van der Waals surface area contributed by atoms with Gasteiger partial charge in [0.05, 0.1) is 16.4 Å². The maximum atomic E-state index is 13.5. The summed E-state index contributed by atoms with van der Waals surface area (Å²) in [6.07, 6.45) is 0. The van der Waals surface area contributed by atoms with Gasteiger partial charge in [-0.3, -0.25) is 24.3 Å². The van der Waals surface area contributed by atoms with Crippen LogP contribution in [0.3, 0.4) is 0 Å². The van der Waals surface area contributed by atoms with Crippen LogP contribution in [0.5, 0.6) is 0 Å². The molecule has 0 saturated carbocycles. The molecule has 0 unspecified atom stereocenters. The van der Waals surface area contributed by atoms with Crippen molar-refractivity contribution in [3.8, 4) is 5.69 Å². The number of hydrogen-bond donors (Lipinski definition) is 2. The fraction of sp³-hybridized carbons (Fsp3) is 0.0800. The number of fused-ring (bicyclic) bond motifs is 3. The molecule has 2 N–H and O–H groups in total. The molecule has 2 aromatic heterocycles. The minimum absolute atomic E-state index is 0.0333. The Hall–Kier alpha value is -4.51. The lowest BCUT2D eigenvalue weighted by Crippen LogP contribution is -2.26. The third kappa shape index (κ3) is 4.56. The normalized spacial score (nSPS) is 11.1. The van der Waals surface area contributed by atoms with Crippen LogP contribution >= 0.6 is 11.8 Å². The second kappa shape index (κ2) is 9.62. The summed E-state index contributed by atoms with van der Waals surface area (Å²) in [4.78, 5) is 44.4. The van der Waals surface area contributed by atoms with Gasteiger partial charge >= 0.3 is 0 Å². The minimum Gasteiger partial charge on any atom is -0.351 e. The van der Waals surface area contributed by atoms with Crippen LogP contribution < -0.4 is 10.9 Å². The fourth-order valence-corrected chi connectivity index (χ4v) is 4.61. The highest BCUT2D eigenvalue weighted by atomic mass is 32.2. The van der Waals surface area contributed by atoms with Crippen molar-refractivity contribution in [2.45, 2.75) is 11.7 Å². The summed E-state index contributed by atoms with van der Waals surface area (Å²) in [7, 11) is 0. The maximum Gasteiger partial charge on any atom is 0.283 e. The molecule has 5 rings (SSSR count). The summed E-state index contributed by atoms with van der Waals surface area (Å²) in [6.45, 7) is 0.226. The zero-order valence-electron chi connectivity index (χ0n) is 18.6. The van der Waals surface area contributed by atoms with Crippen molar-refractivity contribution in [1.29, 1.82) is 0 Å². The van der Waals surface area contributed by atoms with Gasteiger partial charge in [0.1, 0.15) is 16.9 Å². The standard InChI is InChI=1S/C25H18FN5O4S/c26-16-7-5-15(6-8-16)13-27-21(32)14-36-25-29-22-19-3-1-2-4-20(19)28-23(22)24(33)30(25)17-9-11-18(12-10-17)31(34)35/h1-12,28H,13-14H2,(H,27,32). The molecule has 0 atom stereocenters. The van der Waals surface area contributed by atoms with Crippen LogP contribution in [0, 0.1) is 15.9 Å². The average Bonchev–Trinajstić information content (AvgIpc) is 3.26. The van der Waals surface area contributed by atoms with E-state index in [-0.39, 0.29) is 40.4 Å². The number of halogens is 1. The summed E-state index contributed by atoms with van der Waals surface area (Å²) in [5.41, 5.74) is 2.14. The van der Waals surface area contributed by atoms with E-state index in [2.05, 4.69) is 10.3 Å². The van der Waals surface area contributed by atoms with Crippen LogP contribution in [0.1, 0.15) is 5.56 Å². The summed E-state index contributed by atoms with van der Waals surface area (Å²) in [5.74, 6) is -0.689. The van der Waals surface area contributed by atoms with Crippen LogP contribution in [-0.4, -0.2) is 31.1 Å². The molecule has 0 aliphatic heterocycles. The van der Waals surface area contributed by atoms with E-state index in [1.807, 2.05) is 24.3 Å². The van der Waals surface area contributed by atoms with E-state index in [0.29, 0.717) is 16.7 Å². The van der Waals surface area contributed by atoms with Crippen LogP contribution in [0.25, 0.3) is 27.6 Å². The number of carbonyl (C=O) groups is 1. The molecule has 0 bridgehead atoms. The van der Waals surface area contributed by atoms with Crippen molar-refractivity contribution in [2.24, 2.45) is 0 Å². The van der Waals surface area contributed by atoms with E-state index < -0.39 is 4.92 Å². The van der Waals surface area contributed by atoms with Gasteiger partial charge in [-0.1, -0.05) is 42.1 Å². The number of thioether (sulfide) groups is 1. The number of nitrogens with zero attached hydrogens (tertiary/aromatic N) is 3. The molecule has 9 nitrogen and oxygen atoms in total. The largest absolute Gasteiger partial charge is 0.351 e. The van der Waals surface area contributed by atoms with Gasteiger partial charge in [-0.15, -0.1) is 0 Å². The highest BCUT2D eigenvalue weighted by Crippen LogP contribution is 2.27. The summed E-state index contributed by atoms with van der Waals surface area (Å²) in [6, 6.07) is 18.7. The van der Waals surface area contributed by atoms with Gasteiger partial charge < -0.3 is 10.3 Å². The number of amides is 1. The highest BCUT2D eigenvalue weighted by Gasteiger charge is 2.19. The molecule has 0 aliphatic carbocycles. The smallest absolute Gasteiger partial charge is 0.283 e. The second-order valence-electron chi connectivity index (χ2n) is 7.89. The van der Waals surface area contributed by atoms with E-state index in [4.69, 9.17) is 4.98 Å². The Kier molecular flexibility index (Phi) is 6.21. The Morgan fingerprint density at radius 1 is 1.08 bits per heavy atom. The second-order valence-corrected chi connectivity index (χ2v) is 8.84. The molecule has 0 saturated heterocycles. The van der Waals surface area contributed by atoms with Crippen molar-refractivity contribution in [3.05, 3.63) is 105 Å². The van der Waals surface area contributed by atoms with E-state index in [9.17, 15) is 24.1 Å². The number of carbonyl (C=O) groups excluding carboxylic acids is 1. The molecule has 11 heteroatoms. The number of nitro benzene ring substituents is 1. The lowest BCUT2D eigenvalue weighted by atomic mass is 10.2. The number of rotatable bonds is 7. The molecule has 0 radical (unpaired) electrons. The number of nitrogens with one attached hydrogen (secondary N) is 2. The quantitative estimate of drug-likeness (QED) is 0.148. The molecule has 0 fully saturated rings. The SMILES string of the molecule is O=C(CSc1nc2c([nH]c3ccccc32)c(=O)n1-c1ccc([N+](=O)[O-])cc1)NCc1ccc(F)cc1. The number of hydrogen-bond acceptors (Lipinski definition) is 6. The molecule has 5 aromatic rings. The zero-order chi connectivity index (χ0) is 25.2. The number of para-hydroxylation sites is 1. The number of aromatic amines is 1. The summed E-state index contributed by atoms with van der Waals surface area (Å²) < 4.78 is 14.4. The van der Waals surface area contributed by atoms with Crippen LogP contribution in [0.4, 0.5) is 10.1 Å². The molecule has 0 aliphatic rings. The van der Waals surface area contributed by atoms with E-state index in [1.54, 1.807) is 12.1 Å². The summed E-state index contributed by atoms with van der Waals surface area (Å²) >= 11 is 1.07. The molecule has 180 valence electrons. The molecule has 36 heavy (non-hydrogen) atoms. The number of H-pyrrole nitrogens is 1. The molecular formula is C25H18FN5O4S. The minimum atomic E-state index is -0.521. The monoisotopic (exact) mass is 503 g/mol. The molecule has 2 heterocycles. The van der Waals surface area contributed by atoms with Crippen molar-refractivity contribution in [1.82, 2.24) is 19.9 Å². The Bertz CT molecular complexity index is 1660. The Morgan fingerprint density at radius 3 is 2.53 bits per heavy atom. The number of nitro groups is 1. The molecule has 3 aromatic carbocycles. The van der Waals surface area contributed by atoms with Crippen molar-refractivity contribution < 1.29 is 14.1 Å². The number of non-ortho nitro benzene ring substituents is 1. The molecule has 1 amide bonds. The molecule has 0 spiro atoms. The maximum absolute atomic E-state index is 13.5. The topological polar surface area (TPSA) is 123 Å². The van der Waals surface area contributed by atoms with E-state index in [1.165, 1.54) is 41.0 Å². The van der Waals surface area contributed by atoms with Crippen LogP contribution in [0.2, 0.25) is 0 Å². The van der Waals surface area contributed by atoms with Gasteiger partial charge in [-0.25, -0.2) is 9.37 Å². The Balaban J connectivity index is 1.49. The van der Waals surface area contributed by atoms with Gasteiger partial charge in [0, 0.05) is 29.6 Å². The van der Waals surface area contributed by atoms with Crippen LogP contribution in [0.15, 0.2) is 82.7 Å².